The van der Waals surface area contributed by atoms with Gasteiger partial charge in [0.15, 0.2) is 5.13 Å². The Bertz CT molecular complexity index is 664. The molecule has 96 valence electrons. The van der Waals surface area contributed by atoms with Gasteiger partial charge in [0.25, 0.3) is 0 Å². The number of aryl methyl sites for hydroxylation is 2. The summed E-state index contributed by atoms with van der Waals surface area (Å²) in [6.45, 7) is 0. The van der Waals surface area contributed by atoms with E-state index < -0.39 is 0 Å². The van der Waals surface area contributed by atoms with Crippen LogP contribution in [0.2, 0.25) is 0 Å². The number of nitrogens with two attached hydrogens (primary N) is 1. The van der Waals surface area contributed by atoms with Crippen LogP contribution in [0.4, 0.5) is 5.13 Å². The van der Waals surface area contributed by atoms with Crippen LogP contribution < -0.4 is 5.73 Å². The van der Waals surface area contributed by atoms with Gasteiger partial charge < -0.3 is 10.3 Å². The van der Waals surface area contributed by atoms with E-state index in [1.54, 1.807) is 12.4 Å². The number of hydrogen-bond acceptors (Lipinski definition) is 7. The second kappa shape index (κ2) is 5.15. The largest absolute Gasteiger partial charge is 0.375 e. The lowest BCUT2D eigenvalue weighted by Crippen LogP contribution is -1.93. The van der Waals surface area contributed by atoms with E-state index in [0.717, 1.165) is 17.7 Å². The average Bonchev–Trinajstić information content (AvgIpc) is 3.06. The van der Waals surface area contributed by atoms with Crippen molar-refractivity contribution in [2.45, 2.75) is 12.8 Å². The smallest absolute Gasteiger partial charge is 0.227 e. The predicted octanol–water partition coefficient (Wildman–Crippen LogP) is 1.96. The predicted molar refractivity (Wildman–Crippen MR) is 71.5 cm³/mol. The molecule has 2 N–H and O–H groups in total. The van der Waals surface area contributed by atoms with Crippen LogP contribution >= 0.6 is 11.3 Å². The number of pyridine rings is 1. The molecule has 0 unspecified atom stereocenters. The summed E-state index contributed by atoms with van der Waals surface area (Å²) in [5.41, 5.74) is 7.37. The Morgan fingerprint density at radius 2 is 2.21 bits per heavy atom. The van der Waals surface area contributed by atoms with Gasteiger partial charge in [-0.1, -0.05) is 5.16 Å². The molecule has 19 heavy (non-hydrogen) atoms. The van der Waals surface area contributed by atoms with Gasteiger partial charge in [0.2, 0.25) is 11.7 Å². The van der Waals surface area contributed by atoms with Gasteiger partial charge in [-0.25, -0.2) is 4.98 Å². The summed E-state index contributed by atoms with van der Waals surface area (Å²) < 4.78 is 5.20. The summed E-state index contributed by atoms with van der Waals surface area (Å²) in [7, 11) is 0. The highest BCUT2D eigenvalue weighted by Gasteiger charge is 2.09. The second-order valence-corrected chi connectivity index (χ2v) is 4.82. The van der Waals surface area contributed by atoms with Crippen molar-refractivity contribution < 1.29 is 4.52 Å². The van der Waals surface area contributed by atoms with Gasteiger partial charge in [-0.2, -0.15) is 4.98 Å². The average molecular weight is 273 g/mol. The zero-order valence-electron chi connectivity index (χ0n) is 9.98. The number of hydrogen-bond donors (Lipinski definition) is 1. The topological polar surface area (TPSA) is 90.7 Å². The number of rotatable bonds is 4. The van der Waals surface area contributed by atoms with Crippen molar-refractivity contribution in [3.05, 3.63) is 41.5 Å². The van der Waals surface area contributed by atoms with E-state index in [1.165, 1.54) is 11.3 Å². The first-order chi connectivity index (χ1) is 9.31. The molecule has 6 nitrogen and oxygen atoms in total. The number of thiazole rings is 1. The van der Waals surface area contributed by atoms with Crippen LogP contribution in [0.3, 0.4) is 0 Å². The highest BCUT2D eigenvalue weighted by molar-refractivity contribution is 7.13. The van der Waals surface area contributed by atoms with E-state index in [0.29, 0.717) is 23.3 Å². The van der Waals surface area contributed by atoms with Gasteiger partial charge in [-0.3, -0.25) is 4.98 Å². The van der Waals surface area contributed by atoms with Gasteiger partial charge in [-0.05, 0) is 18.6 Å². The van der Waals surface area contributed by atoms with E-state index in [9.17, 15) is 0 Å². The summed E-state index contributed by atoms with van der Waals surface area (Å²) in [6, 6.07) is 3.73. The van der Waals surface area contributed by atoms with Gasteiger partial charge in [0.1, 0.15) is 0 Å². The molecular weight excluding hydrogens is 262 g/mol. The van der Waals surface area contributed by atoms with E-state index in [2.05, 4.69) is 20.1 Å². The van der Waals surface area contributed by atoms with Crippen LogP contribution in [-0.2, 0) is 12.8 Å². The molecule has 7 heteroatoms. The molecule has 0 bridgehead atoms. The Balaban J connectivity index is 1.68. The Morgan fingerprint density at radius 3 is 2.95 bits per heavy atom. The maximum atomic E-state index is 5.58. The lowest BCUT2D eigenvalue weighted by molar-refractivity contribution is 0.378. The summed E-state index contributed by atoms with van der Waals surface area (Å²) in [5.74, 6) is 1.14. The highest BCUT2D eigenvalue weighted by Crippen LogP contribution is 2.16. The van der Waals surface area contributed by atoms with E-state index >= 15 is 0 Å². The van der Waals surface area contributed by atoms with Crippen LogP contribution in [0, 0.1) is 0 Å². The fourth-order valence-electron chi connectivity index (χ4n) is 1.64. The maximum absolute atomic E-state index is 5.58. The van der Waals surface area contributed by atoms with Crippen molar-refractivity contribution in [3.8, 4) is 11.4 Å². The van der Waals surface area contributed by atoms with Crippen LogP contribution in [0.25, 0.3) is 11.4 Å². The molecule has 0 aromatic carbocycles. The van der Waals surface area contributed by atoms with E-state index in [-0.39, 0.29) is 0 Å². The zero-order chi connectivity index (χ0) is 13.1. The first kappa shape index (κ1) is 11.8. The number of nitrogen functional groups attached to an aromatic ring is 1. The third-order valence-corrected chi connectivity index (χ3v) is 3.28. The lowest BCUT2D eigenvalue weighted by Gasteiger charge is -1.91. The Kier molecular flexibility index (Phi) is 3.20. The Morgan fingerprint density at radius 1 is 1.26 bits per heavy atom. The molecule has 0 fully saturated rings. The normalized spacial score (nSPS) is 10.7. The van der Waals surface area contributed by atoms with Crippen LogP contribution in [0.5, 0.6) is 0 Å². The SMILES string of the molecule is Nc1nc(CCc2nc(-c3cccnc3)no2)cs1. The molecule has 0 amide bonds. The fourth-order valence-corrected chi connectivity index (χ4v) is 2.24. The monoisotopic (exact) mass is 273 g/mol. The van der Waals surface area contributed by atoms with Crippen LogP contribution in [0.1, 0.15) is 11.6 Å². The Hall–Kier alpha value is -2.28. The van der Waals surface area contributed by atoms with Gasteiger partial charge >= 0.3 is 0 Å². The maximum Gasteiger partial charge on any atom is 0.227 e. The summed E-state index contributed by atoms with van der Waals surface area (Å²) in [4.78, 5) is 12.5. The van der Waals surface area contributed by atoms with Gasteiger partial charge in [0.05, 0.1) is 5.69 Å². The summed E-state index contributed by atoms with van der Waals surface area (Å²) in [5, 5.41) is 6.45. The first-order valence-electron chi connectivity index (χ1n) is 5.74. The van der Waals surface area contributed by atoms with Crippen LogP contribution in [-0.4, -0.2) is 20.1 Å². The molecule has 3 rings (SSSR count). The number of nitrogens with zero attached hydrogens (tertiary/aromatic N) is 4. The second-order valence-electron chi connectivity index (χ2n) is 3.93. The van der Waals surface area contributed by atoms with Crippen molar-refractivity contribution in [3.63, 3.8) is 0 Å². The fraction of sp³-hybridized carbons (Fsp3) is 0.167. The standard InChI is InChI=1S/C12H11N5OS/c13-12-15-9(7-19-12)3-4-10-16-11(17-18-10)8-2-1-5-14-6-8/h1-2,5-7H,3-4H2,(H2,13,15). The van der Waals surface area contributed by atoms with Crippen molar-refractivity contribution in [2.24, 2.45) is 0 Å². The minimum Gasteiger partial charge on any atom is -0.375 e. The third kappa shape index (κ3) is 2.76. The van der Waals surface area contributed by atoms with Crippen LogP contribution in [0.15, 0.2) is 34.4 Å². The molecule has 0 aliphatic carbocycles. The molecule has 0 spiro atoms. The van der Waals surface area contributed by atoms with Crippen molar-refractivity contribution in [1.29, 1.82) is 0 Å². The minimum absolute atomic E-state index is 0.556. The van der Waals surface area contributed by atoms with E-state index in [4.69, 9.17) is 10.3 Å². The van der Waals surface area contributed by atoms with Crippen molar-refractivity contribution >= 4 is 16.5 Å². The third-order valence-electron chi connectivity index (χ3n) is 2.55. The minimum atomic E-state index is 0.556. The lowest BCUT2D eigenvalue weighted by atomic mass is 10.2. The molecule has 3 heterocycles. The quantitative estimate of drug-likeness (QED) is 0.781. The summed E-state index contributed by atoms with van der Waals surface area (Å²) in [6.07, 6.45) is 4.80. The van der Waals surface area contributed by atoms with Crippen molar-refractivity contribution in [1.82, 2.24) is 20.1 Å². The number of anilines is 1. The molecule has 0 radical (unpaired) electrons. The molecule has 0 aliphatic heterocycles. The molecule has 0 aliphatic rings. The zero-order valence-corrected chi connectivity index (χ0v) is 10.8. The van der Waals surface area contributed by atoms with Gasteiger partial charge in [0, 0.05) is 29.8 Å². The highest BCUT2D eigenvalue weighted by atomic mass is 32.1. The van der Waals surface area contributed by atoms with E-state index in [1.807, 2.05) is 17.5 Å². The molecular formula is C12H11N5OS. The molecule has 0 saturated heterocycles. The first-order valence-corrected chi connectivity index (χ1v) is 6.62. The molecule has 3 aromatic rings. The summed E-state index contributed by atoms with van der Waals surface area (Å²) >= 11 is 1.43. The molecule has 0 saturated carbocycles. The molecule has 3 aromatic heterocycles. The van der Waals surface area contributed by atoms with Crippen molar-refractivity contribution in [2.75, 3.05) is 5.73 Å². The Labute approximate surface area is 113 Å². The van der Waals surface area contributed by atoms with Gasteiger partial charge in [-0.15, -0.1) is 11.3 Å². The molecule has 0 atom stereocenters. The number of aromatic nitrogens is 4.